The Labute approximate surface area is 253 Å². The molecule has 208 valence electrons. The lowest BCUT2D eigenvalue weighted by molar-refractivity contribution is 0.669. The van der Waals surface area contributed by atoms with Gasteiger partial charge in [0.15, 0.2) is 6.17 Å². The number of furan rings is 1. The van der Waals surface area contributed by atoms with E-state index in [0.717, 1.165) is 67.0 Å². The molecule has 0 aliphatic carbocycles. The predicted molar refractivity (Wildman–Crippen MR) is 180 cm³/mol. The monoisotopic (exact) mass is 566 g/mol. The molecule has 0 amide bonds. The Morgan fingerprint density at radius 3 is 1.82 bits per heavy atom. The Hall–Kier alpha value is -5.94. The van der Waals surface area contributed by atoms with E-state index in [4.69, 9.17) is 14.4 Å². The van der Waals surface area contributed by atoms with Crippen LogP contribution in [0.2, 0.25) is 0 Å². The van der Waals surface area contributed by atoms with Crippen molar-refractivity contribution < 1.29 is 4.42 Å². The van der Waals surface area contributed by atoms with Gasteiger partial charge in [-0.15, -0.1) is 0 Å². The minimum absolute atomic E-state index is 0.370. The van der Waals surface area contributed by atoms with Crippen LogP contribution in [0.5, 0.6) is 0 Å². The molecular formula is C39H26N4O. The SMILES string of the molecule is c1ccc(C2=NC(c3ccc(-n4c5ccccc5c5c6c(ccc54)oc4ccccc46)cc3)N=C(c3ccccc3)N2)cc1. The quantitative estimate of drug-likeness (QED) is 0.231. The largest absolute Gasteiger partial charge is 0.456 e. The fourth-order valence-electron chi connectivity index (χ4n) is 6.43. The topological polar surface area (TPSA) is 54.8 Å². The Bertz CT molecular complexity index is 2340. The normalized spacial score (nSPS) is 13.8. The van der Waals surface area contributed by atoms with Crippen LogP contribution in [-0.4, -0.2) is 16.2 Å². The van der Waals surface area contributed by atoms with Crippen LogP contribution in [0.25, 0.3) is 49.4 Å². The van der Waals surface area contributed by atoms with E-state index in [-0.39, 0.29) is 6.17 Å². The second kappa shape index (κ2) is 9.82. The summed E-state index contributed by atoms with van der Waals surface area (Å²) in [6.45, 7) is 0. The van der Waals surface area contributed by atoms with Gasteiger partial charge in [-0.05, 0) is 42.0 Å². The number of aromatic nitrogens is 1. The summed E-state index contributed by atoms with van der Waals surface area (Å²) >= 11 is 0. The van der Waals surface area contributed by atoms with E-state index in [1.165, 1.54) is 10.8 Å². The molecule has 44 heavy (non-hydrogen) atoms. The van der Waals surface area contributed by atoms with Gasteiger partial charge in [0.1, 0.15) is 22.8 Å². The molecule has 8 aromatic rings. The summed E-state index contributed by atoms with van der Waals surface area (Å²) in [7, 11) is 0. The van der Waals surface area contributed by atoms with Gasteiger partial charge in [0.05, 0.1) is 11.0 Å². The lowest BCUT2D eigenvalue weighted by Gasteiger charge is -2.22. The molecule has 5 heteroatoms. The molecule has 0 radical (unpaired) electrons. The van der Waals surface area contributed by atoms with Gasteiger partial charge in [-0.3, -0.25) is 0 Å². The van der Waals surface area contributed by atoms with Crippen molar-refractivity contribution in [1.29, 1.82) is 0 Å². The summed E-state index contributed by atoms with van der Waals surface area (Å²) in [5, 5.41) is 8.18. The van der Waals surface area contributed by atoms with E-state index in [2.05, 4.69) is 107 Å². The molecule has 0 bridgehead atoms. The summed E-state index contributed by atoms with van der Waals surface area (Å²) in [4.78, 5) is 10.1. The third-order valence-electron chi connectivity index (χ3n) is 8.46. The van der Waals surface area contributed by atoms with Gasteiger partial charge in [0.25, 0.3) is 0 Å². The summed E-state index contributed by atoms with van der Waals surface area (Å²) in [6, 6.07) is 50.3. The number of hydrogen-bond donors (Lipinski definition) is 1. The fraction of sp³-hybridized carbons (Fsp3) is 0.0256. The molecule has 1 N–H and O–H groups in total. The van der Waals surface area contributed by atoms with Crippen molar-refractivity contribution in [3.63, 3.8) is 0 Å². The van der Waals surface area contributed by atoms with Gasteiger partial charge >= 0.3 is 0 Å². The highest BCUT2D eigenvalue weighted by molar-refractivity contribution is 6.27. The molecule has 9 rings (SSSR count). The average molecular weight is 567 g/mol. The average Bonchev–Trinajstić information content (AvgIpc) is 3.64. The van der Waals surface area contributed by atoms with Crippen LogP contribution < -0.4 is 5.32 Å². The number of nitrogens with zero attached hydrogens (tertiary/aromatic N) is 3. The van der Waals surface area contributed by atoms with Crippen LogP contribution in [-0.2, 0) is 0 Å². The highest BCUT2D eigenvalue weighted by Crippen LogP contribution is 2.41. The number of fused-ring (bicyclic) bond motifs is 7. The molecule has 2 aromatic heterocycles. The lowest BCUT2D eigenvalue weighted by atomic mass is 10.1. The maximum atomic E-state index is 6.25. The van der Waals surface area contributed by atoms with Crippen molar-refractivity contribution in [1.82, 2.24) is 9.88 Å². The summed E-state index contributed by atoms with van der Waals surface area (Å²) in [5.41, 5.74) is 8.28. The molecule has 1 aliphatic rings. The van der Waals surface area contributed by atoms with E-state index in [9.17, 15) is 0 Å². The van der Waals surface area contributed by atoms with Crippen LogP contribution in [0.15, 0.2) is 160 Å². The van der Waals surface area contributed by atoms with Crippen LogP contribution in [0.1, 0.15) is 22.9 Å². The Morgan fingerprint density at radius 1 is 0.500 bits per heavy atom. The Balaban J connectivity index is 1.19. The predicted octanol–water partition coefficient (Wildman–Crippen LogP) is 9.18. The molecule has 0 fully saturated rings. The molecule has 1 aliphatic heterocycles. The second-order valence-corrected chi connectivity index (χ2v) is 11.1. The summed E-state index contributed by atoms with van der Waals surface area (Å²) < 4.78 is 8.59. The standard InChI is InChI=1S/C39H26N4O/c1-3-11-25(12-4-1)37-40-38(26-13-5-2-6-14-26)42-39(41-37)27-19-21-28(22-20-27)43-31-17-9-7-15-29(31)35-32(43)23-24-34-36(35)30-16-8-10-18-33(30)44-34/h1-24,39H,(H,40,41,42). The van der Waals surface area contributed by atoms with E-state index < -0.39 is 0 Å². The van der Waals surface area contributed by atoms with Gasteiger partial charge < -0.3 is 14.3 Å². The van der Waals surface area contributed by atoms with Gasteiger partial charge in [0.2, 0.25) is 0 Å². The van der Waals surface area contributed by atoms with Crippen molar-refractivity contribution in [2.24, 2.45) is 9.98 Å². The van der Waals surface area contributed by atoms with Gasteiger partial charge in [-0.25, -0.2) is 9.98 Å². The first-order valence-electron chi connectivity index (χ1n) is 14.8. The number of para-hydroxylation sites is 2. The van der Waals surface area contributed by atoms with E-state index in [1.807, 2.05) is 48.5 Å². The van der Waals surface area contributed by atoms with Crippen LogP contribution in [0, 0.1) is 0 Å². The molecule has 0 atom stereocenters. The van der Waals surface area contributed by atoms with Gasteiger partial charge in [0, 0.05) is 38.4 Å². The van der Waals surface area contributed by atoms with Crippen LogP contribution in [0.3, 0.4) is 0 Å². The highest BCUT2D eigenvalue weighted by atomic mass is 16.3. The third-order valence-corrected chi connectivity index (χ3v) is 8.46. The Kier molecular flexibility index (Phi) is 5.50. The minimum atomic E-state index is -0.370. The molecular weight excluding hydrogens is 540 g/mol. The van der Waals surface area contributed by atoms with Gasteiger partial charge in [-0.1, -0.05) is 109 Å². The first-order valence-corrected chi connectivity index (χ1v) is 14.8. The number of benzene rings is 6. The van der Waals surface area contributed by atoms with Crippen molar-refractivity contribution >= 4 is 55.4 Å². The molecule has 0 unspecified atom stereocenters. The summed E-state index contributed by atoms with van der Waals surface area (Å²) in [5.74, 6) is 1.62. The van der Waals surface area contributed by atoms with Crippen molar-refractivity contribution in [3.8, 4) is 5.69 Å². The zero-order valence-electron chi connectivity index (χ0n) is 23.7. The van der Waals surface area contributed by atoms with Crippen molar-refractivity contribution in [2.75, 3.05) is 0 Å². The molecule has 0 spiro atoms. The maximum absolute atomic E-state index is 6.25. The van der Waals surface area contributed by atoms with Crippen LogP contribution in [0.4, 0.5) is 0 Å². The first kappa shape index (κ1) is 24.6. The molecule has 5 nitrogen and oxygen atoms in total. The molecule has 0 saturated heterocycles. The highest BCUT2D eigenvalue weighted by Gasteiger charge is 2.22. The number of nitrogens with one attached hydrogen (secondary N) is 1. The second-order valence-electron chi connectivity index (χ2n) is 11.1. The van der Waals surface area contributed by atoms with Crippen molar-refractivity contribution in [2.45, 2.75) is 6.17 Å². The first-order chi connectivity index (χ1) is 21.8. The van der Waals surface area contributed by atoms with Crippen molar-refractivity contribution in [3.05, 3.63) is 162 Å². The lowest BCUT2D eigenvalue weighted by Crippen LogP contribution is -2.35. The van der Waals surface area contributed by atoms with Gasteiger partial charge in [-0.2, -0.15) is 0 Å². The van der Waals surface area contributed by atoms with E-state index in [0.29, 0.717) is 0 Å². The zero-order valence-corrected chi connectivity index (χ0v) is 23.7. The minimum Gasteiger partial charge on any atom is -0.456 e. The molecule has 0 saturated carbocycles. The number of rotatable bonds is 4. The Morgan fingerprint density at radius 2 is 1.11 bits per heavy atom. The van der Waals surface area contributed by atoms with Crippen LogP contribution >= 0.6 is 0 Å². The molecule has 6 aromatic carbocycles. The van der Waals surface area contributed by atoms with E-state index >= 15 is 0 Å². The third kappa shape index (κ3) is 3.87. The number of hydrogen-bond acceptors (Lipinski definition) is 4. The number of amidine groups is 2. The molecule has 3 heterocycles. The fourth-order valence-corrected chi connectivity index (χ4v) is 6.43. The zero-order chi connectivity index (χ0) is 29.0. The van der Waals surface area contributed by atoms with E-state index in [1.54, 1.807) is 0 Å². The summed E-state index contributed by atoms with van der Waals surface area (Å²) in [6.07, 6.45) is -0.370. The maximum Gasteiger partial charge on any atom is 0.169 e. The number of aliphatic imine (C=N–C) groups is 2. The smallest absolute Gasteiger partial charge is 0.169 e.